The van der Waals surface area contributed by atoms with Gasteiger partial charge >= 0.3 is 0 Å². The Balaban J connectivity index is 2.37. The number of carbonyl (C=O) groups is 2. The van der Waals surface area contributed by atoms with Crippen LogP contribution in [0.25, 0.3) is 6.08 Å². The Hall–Kier alpha value is -1.95. The van der Waals surface area contributed by atoms with E-state index < -0.39 is 5.92 Å². The lowest BCUT2D eigenvalue weighted by Crippen LogP contribution is -2.37. The fraction of sp³-hybridized carbons (Fsp3) is 0.632. The van der Waals surface area contributed by atoms with E-state index in [4.69, 9.17) is 0 Å². The number of rotatable bonds is 5. The molecule has 0 aliphatic carbocycles. The van der Waals surface area contributed by atoms with Gasteiger partial charge in [0.05, 0.1) is 11.6 Å². The van der Waals surface area contributed by atoms with Gasteiger partial charge in [-0.1, -0.05) is 27.4 Å². The topological polar surface area (TPSA) is 67.2 Å². The summed E-state index contributed by atoms with van der Waals surface area (Å²) in [4.78, 5) is 32.0. The molecule has 138 valence electrons. The number of nitrogens with zero attached hydrogens (tertiary/aromatic N) is 3. The number of hydrogen-bond acceptors (Lipinski definition) is 4. The number of imidazole rings is 1. The zero-order valence-corrected chi connectivity index (χ0v) is 16.1. The monoisotopic (exact) mass is 346 g/mol. The molecule has 0 unspecified atom stereocenters. The molecular formula is C19H30N4O2. The maximum Gasteiger partial charge on any atom is 0.223 e. The van der Waals surface area contributed by atoms with Gasteiger partial charge in [-0.3, -0.25) is 9.59 Å². The van der Waals surface area contributed by atoms with E-state index in [0.717, 1.165) is 31.0 Å². The molecule has 1 aliphatic heterocycles. The van der Waals surface area contributed by atoms with Gasteiger partial charge in [0.2, 0.25) is 5.91 Å². The van der Waals surface area contributed by atoms with Crippen molar-refractivity contribution in [1.29, 1.82) is 0 Å². The Labute approximate surface area is 150 Å². The van der Waals surface area contributed by atoms with Gasteiger partial charge in [0.1, 0.15) is 11.5 Å². The Morgan fingerprint density at radius 1 is 1.36 bits per heavy atom. The Kier molecular flexibility index (Phi) is 5.83. The summed E-state index contributed by atoms with van der Waals surface area (Å²) in [5, 5.41) is 2.68. The van der Waals surface area contributed by atoms with Crippen molar-refractivity contribution in [1.82, 2.24) is 19.8 Å². The number of hydrogen-bond donors (Lipinski definition) is 1. The summed E-state index contributed by atoms with van der Waals surface area (Å²) in [6, 6.07) is 0. The minimum Gasteiger partial charge on any atom is -0.359 e. The highest BCUT2D eigenvalue weighted by Crippen LogP contribution is 2.31. The minimum atomic E-state index is -0.391. The maximum atomic E-state index is 13.0. The van der Waals surface area contributed by atoms with Gasteiger partial charge in [-0.25, -0.2) is 4.98 Å². The number of aromatic nitrogens is 2. The lowest BCUT2D eigenvalue weighted by molar-refractivity contribution is -0.127. The zero-order valence-electron chi connectivity index (χ0n) is 16.1. The van der Waals surface area contributed by atoms with Crippen LogP contribution < -0.4 is 5.32 Å². The second-order valence-corrected chi connectivity index (χ2v) is 7.87. The third-order valence-electron chi connectivity index (χ3n) is 4.89. The van der Waals surface area contributed by atoms with Crippen molar-refractivity contribution >= 4 is 17.8 Å². The molecule has 1 N–H and O–H groups in total. The molecule has 0 aromatic carbocycles. The van der Waals surface area contributed by atoms with Crippen LogP contribution in [0.2, 0.25) is 0 Å². The first-order chi connectivity index (χ1) is 11.7. The van der Waals surface area contributed by atoms with E-state index >= 15 is 0 Å². The van der Waals surface area contributed by atoms with Crippen molar-refractivity contribution in [2.75, 3.05) is 20.6 Å². The highest BCUT2D eigenvalue weighted by molar-refractivity contribution is 5.98. The average Bonchev–Trinajstić information content (AvgIpc) is 2.76. The largest absolute Gasteiger partial charge is 0.359 e. The zero-order chi connectivity index (χ0) is 18.8. The molecule has 0 radical (unpaired) electrons. The van der Waals surface area contributed by atoms with Crippen LogP contribution in [0.3, 0.4) is 0 Å². The van der Waals surface area contributed by atoms with E-state index in [1.54, 1.807) is 13.1 Å². The van der Waals surface area contributed by atoms with Gasteiger partial charge in [-0.2, -0.15) is 0 Å². The highest BCUT2D eigenvalue weighted by atomic mass is 16.2. The number of carbonyl (C=O) groups excluding carboxylic acids is 2. The first kappa shape index (κ1) is 19.4. The van der Waals surface area contributed by atoms with Crippen LogP contribution in [0, 0.1) is 11.3 Å². The van der Waals surface area contributed by atoms with Gasteiger partial charge in [-0.05, 0) is 31.5 Å². The van der Waals surface area contributed by atoms with E-state index in [1.807, 2.05) is 27.8 Å². The normalized spacial score (nSPS) is 16.7. The molecule has 6 heteroatoms. The second-order valence-electron chi connectivity index (χ2n) is 7.87. The molecule has 1 aliphatic rings. The molecule has 2 heterocycles. The van der Waals surface area contributed by atoms with Crippen LogP contribution in [0.5, 0.6) is 0 Å². The number of ketones is 1. The van der Waals surface area contributed by atoms with Crippen LogP contribution in [-0.4, -0.2) is 46.8 Å². The Morgan fingerprint density at radius 3 is 2.60 bits per heavy atom. The lowest BCUT2D eigenvalue weighted by atomic mass is 9.77. The molecule has 6 nitrogen and oxygen atoms in total. The predicted molar refractivity (Wildman–Crippen MR) is 99.2 cm³/mol. The smallest absolute Gasteiger partial charge is 0.223 e. The molecule has 0 fully saturated rings. The molecule has 1 aromatic rings. The Bertz CT molecular complexity index is 670. The van der Waals surface area contributed by atoms with E-state index in [2.05, 4.69) is 26.3 Å². The third kappa shape index (κ3) is 4.18. The van der Waals surface area contributed by atoms with Gasteiger partial charge in [0, 0.05) is 26.6 Å². The predicted octanol–water partition coefficient (Wildman–Crippen LogP) is 2.34. The van der Waals surface area contributed by atoms with Crippen molar-refractivity contribution in [3.05, 3.63) is 23.8 Å². The average molecular weight is 346 g/mol. The first-order valence-electron chi connectivity index (χ1n) is 8.84. The standard InChI is InChI=1S/C19H30N4O2/c1-7-16-21-17(14-12-22(6)9-8-10-23(14)16)15(24)11-13(18(25)20-5)19(2,3)4/h7,13H,1,8-12H2,2-6H3,(H,20,25)/t13-/m1/s1. The van der Waals surface area contributed by atoms with Gasteiger partial charge < -0.3 is 14.8 Å². The molecule has 2 rings (SSSR count). The fourth-order valence-electron chi connectivity index (χ4n) is 3.38. The second kappa shape index (κ2) is 7.52. The van der Waals surface area contributed by atoms with Crippen LogP contribution >= 0.6 is 0 Å². The molecule has 1 amide bonds. The van der Waals surface area contributed by atoms with Crippen LogP contribution in [-0.2, 0) is 17.9 Å². The molecule has 25 heavy (non-hydrogen) atoms. The number of nitrogens with one attached hydrogen (secondary N) is 1. The summed E-state index contributed by atoms with van der Waals surface area (Å²) in [5.41, 5.74) is 1.12. The van der Waals surface area contributed by atoms with Gasteiger partial charge in [0.15, 0.2) is 5.78 Å². The van der Waals surface area contributed by atoms with Crippen molar-refractivity contribution < 1.29 is 9.59 Å². The number of Topliss-reactive ketones (excluding diaryl/α,β-unsaturated/α-hetero) is 1. The fourth-order valence-corrected chi connectivity index (χ4v) is 3.38. The summed E-state index contributed by atoms with van der Waals surface area (Å²) >= 11 is 0. The van der Waals surface area contributed by atoms with E-state index in [9.17, 15) is 9.59 Å². The lowest BCUT2D eigenvalue weighted by Gasteiger charge is -2.28. The van der Waals surface area contributed by atoms with Crippen LogP contribution in [0.4, 0.5) is 0 Å². The molecule has 0 spiro atoms. The molecule has 1 atom stereocenters. The summed E-state index contributed by atoms with van der Waals surface area (Å²) in [6.07, 6.45) is 2.87. The van der Waals surface area contributed by atoms with Crippen molar-refractivity contribution in [2.45, 2.75) is 46.7 Å². The molecule has 1 aromatic heterocycles. The van der Waals surface area contributed by atoms with Crippen molar-refractivity contribution in [3.63, 3.8) is 0 Å². The highest BCUT2D eigenvalue weighted by Gasteiger charge is 2.34. The number of fused-ring (bicyclic) bond motifs is 1. The van der Waals surface area contributed by atoms with Crippen molar-refractivity contribution in [3.8, 4) is 0 Å². The maximum absolute atomic E-state index is 13.0. The van der Waals surface area contributed by atoms with E-state index in [0.29, 0.717) is 12.2 Å². The van der Waals surface area contributed by atoms with Gasteiger partial charge in [0.25, 0.3) is 0 Å². The SMILES string of the molecule is C=Cc1nc(C(=O)C[C@H](C(=O)NC)C(C)(C)C)c2n1CCCN(C)C2. The van der Waals surface area contributed by atoms with E-state index in [-0.39, 0.29) is 23.5 Å². The van der Waals surface area contributed by atoms with Crippen molar-refractivity contribution in [2.24, 2.45) is 11.3 Å². The third-order valence-corrected chi connectivity index (χ3v) is 4.89. The van der Waals surface area contributed by atoms with Crippen LogP contribution in [0.1, 0.15) is 55.6 Å². The first-order valence-corrected chi connectivity index (χ1v) is 8.84. The molecule has 0 saturated heterocycles. The summed E-state index contributed by atoms with van der Waals surface area (Å²) < 4.78 is 2.09. The minimum absolute atomic E-state index is 0.0734. The summed E-state index contributed by atoms with van der Waals surface area (Å²) in [5.74, 6) is 0.168. The summed E-state index contributed by atoms with van der Waals surface area (Å²) in [6.45, 7) is 12.3. The molecule has 0 bridgehead atoms. The quantitative estimate of drug-likeness (QED) is 0.831. The van der Waals surface area contributed by atoms with E-state index in [1.165, 1.54) is 0 Å². The molecule has 0 saturated carbocycles. The Morgan fingerprint density at radius 2 is 2.04 bits per heavy atom. The number of amides is 1. The van der Waals surface area contributed by atoms with Gasteiger partial charge in [-0.15, -0.1) is 0 Å². The summed E-state index contributed by atoms with van der Waals surface area (Å²) in [7, 11) is 3.66. The molecular weight excluding hydrogens is 316 g/mol. The van der Waals surface area contributed by atoms with Crippen LogP contribution in [0.15, 0.2) is 6.58 Å².